The van der Waals surface area contributed by atoms with Crippen LogP contribution in [0.1, 0.15) is 50.2 Å². The van der Waals surface area contributed by atoms with Crippen molar-refractivity contribution in [2.75, 3.05) is 17.3 Å². The third-order valence-electron chi connectivity index (χ3n) is 7.03. The number of carbonyl (C=O) groups excluding carboxylic acids is 3. The summed E-state index contributed by atoms with van der Waals surface area (Å²) in [7, 11) is 1.25. The Hall–Kier alpha value is -3.87. The lowest BCUT2D eigenvalue weighted by Gasteiger charge is -2.44. The van der Waals surface area contributed by atoms with E-state index in [2.05, 4.69) is 19.2 Å². The van der Waals surface area contributed by atoms with E-state index >= 15 is 0 Å². The maximum absolute atomic E-state index is 13.7. The summed E-state index contributed by atoms with van der Waals surface area (Å²) in [6.45, 7) is 4.22. The number of nitrogens with one attached hydrogen (secondary N) is 1. The highest BCUT2D eigenvalue weighted by Gasteiger charge is 2.61. The fraction of sp³-hybridized carbons (Fsp3) is 0.296. The monoisotopic (exact) mass is 457 g/mol. The molecule has 3 N–H and O–H groups in total. The molecule has 2 aromatic carbocycles. The molecule has 174 valence electrons. The Morgan fingerprint density at radius 2 is 1.79 bits per heavy atom. The zero-order chi connectivity index (χ0) is 24.2. The van der Waals surface area contributed by atoms with Crippen molar-refractivity contribution in [3.8, 4) is 0 Å². The van der Waals surface area contributed by atoms with Crippen molar-refractivity contribution in [1.82, 2.24) is 0 Å². The number of para-hydroxylation sites is 1. The molecule has 7 nitrogen and oxygen atoms in total. The number of ether oxygens (including phenoxy) is 1. The maximum atomic E-state index is 13.7. The molecule has 1 atom stereocenters. The Bertz CT molecular complexity index is 1290. The first-order valence-corrected chi connectivity index (χ1v) is 11.5. The smallest absolute Gasteiger partial charge is 0.339 e. The van der Waals surface area contributed by atoms with E-state index in [-0.39, 0.29) is 17.2 Å². The van der Waals surface area contributed by atoms with Gasteiger partial charge in [-0.1, -0.05) is 44.2 Å². The van der Waals surface area contributed by atoms with Crippen LogP contribution in [0, 0.1) is 0 Å². The summed E-state index contributed by atoms with van der Waals surface area (Å²) in [6, 6.07) is 15.0. The molecule has 0 radical (unpaired) electrons. The van der Waals surface area contributed by atoms with Crippen molar-refractivity contribution in [2.24, 2.45) is 5.73 Å². The molecule has 0 saturated heterocycles. The average Bonchev–Trinajstić information content (AvgIpc) is 3.11. The molecule has 1 spiro atoms. The largest absolute Gasteiger partial charge is 0.466 e. The number of hydrogen-bond acceptors (Lipinski definition) is 6. The molecule has 1 aliphatic carbocycles. The van der Waals surface area contributed by atoms with Gasteiger partial charge >= 0.3 is 5.97 Å². The fourth-order valence-electron chi connectivity index (χ4n) is 5.47. The predicted molar refractivity (Wildman–Crippen MR) is 129 cm³/mol. The molecule has 0 bridgehead atoms. The van der Waals surface area contributed by atoms with E-state index in [0.717, 1.165) is 11.3 Å². The first-order chi connectivity index (χ1) is 16.3. The zero-order valence-electron chi connectivity index (χ0n) is 19.5. The van der Waals surface area contributed by atoms with Gasteiger partial charge < -0.3 is 15.8 Å². The molecule has 0 fully saturated rings. The van der Waals surface area contributed by atoms with Crippen molar-refractivity contribution < 1.29 is 19.1 Å². The number of methoxy groups -OCH3 is 1. The lowest BCUT2D eigenvalue weighted by atomic mass is 9.63. The summed E-state index contributed by atoms with van der Waals surface area (Å²) >= 11 is 0. The highest BCUT2D eigenvalue weighted by Crippen LogP contribution is 2.55. The summed E-state index contributed by atoms with van der Waals surface area (Å²) < 4.78 is 5.14. The van der Waals surface area contributed by atoms with Crippen LogP contribution in [0.3, 0.4) is 0 Å². The molecule has 2 heterocycles. The van der Waals surface area contributed by atoms with Gasteiger partial charge in [-0.15, -0.1) is 0 Å². The van der Waals surface area contributed by atoms with Gasteiger partial charge in [0.15, 0.2) is 5.78 Å². The van der Waals surface area contributed by atoms with E-state index in [1.807, 2.05) is 24.3 Å². The van der Waals surface area contributed by atoms with Crippen molar-refractivity contribution in [2.45, 2.75) is 44.4 Å². The van der Waals surface area contributed by atoms with Crippen molar-refractivity contribution in [3.05, 3.63) is 82.3 Å². The normalized spacial score (nSPS) is 21.7. The molecule has 2 aromatic rings. The van der Waals surface area contributed by atoms with Gasteiger partial charge in [-0.3, -0.25) is 14.5 Å². The Kier molecular flexibility index (Phi) is 5.08. The molecular weight excluding hydrogens is 430 g/mol. The minimum absolute atomic E-state index is 0.0283. The van der Waals surface area contributed by atoms with Crippen LogP contribution in [-0.4, -0.2) is 24.8 Å². The molecule has 1 unspecified atom stereocenters. The first kappa shape index (κ1) is 21.9. The third kappa shape index (κ3) is 2.86. The molecular formula is C27H27N3O4. The molecule has 5 rings (SSSR count). The summed E-state index contributed by atoms with van der Waals surface area (Å²) in [6.07, 6.45) is 1.49. The molecule has 3 aliphatic rings. The van der Waals surface area contributed by atoms with Gasteiger partial charge in [-0.2, -0.15) is 0 Å². The number of allylic oxidation sites excluding steroid dienone is 1. The topological polar surface area (TPSA) is 102 Å². The van der Waals surface area contributed by atoms with Gasteiger partial charge in [0.1, 0.15) is 16.8 Å². The predicted octanol–water partition coefficient (Wildman–Crippen LogP) is 3.87. The quantitative estimate of drug-likeness (QED) is 0.679. The number of rotatable bonds is 3. The van der Waals surface area contributed by atoms with Gasteiger partial charge in [-0.05, 0) is 42.5 Å². The van der Waals surface area contributed by atoms with E-state index in [1.54, 1.807) is 29.2 Å². The standard InChI is InChI=1S/C27H27N3O4/c1-15(2)16-11-13-17(14-12-16)30-20-9-6-10-21(31)22(20)27(23(24(30)28)25(32)34-3)18-7-4-5-8-19(18)29-26(27)33/h4-5,7-8,11-15H,6,9-10,28H2,1-3H3,(H,29,33). The number of anilines is 2. The van der Waals surface area contributed by atoms with Crippen LogP contribution in [0.5, 0.6) is 0 Å². The van der Waals surface area contributed by atoms with Crippen LogP contribution < -0.4 is 16.0 Å². The van der Waals surface area contributed by atoms with Crippen LogP contribution in [0.25, 0.3) is 0 Å². The van der Waals surface area contributed by atoms with E-state index < -0.39 is 17.3 Å². The Morgan fingerprint density at radius 1 is 1.09 bits per heavy atom. The zero-order valence-corrected chi connectivity index (χ0v) is 19.5. The number of amides is 1. The van der Waals surface area contributed by atoms with Gasteiger partial charge in [0, 0.05) is 34.6 Å². The number of carbonyl (C=O) groups is 3. The van der Waals surface area contributed by atoms with Gasteiger partial charge in [0.25, 0.3) is 0 Å². The maximum Gasteiger partial charge on any atom is 0.339 e. The molecule has 0 saturated carbocycles. The summed E-state index contributed by atoms with van der Waals surface area (Å²) in [5.41, 5.74) is 9.02. The first-order valence-electron chi connectivity index (χ1n) is 11.5. The van der Waals surface area contributed by atoms with Gasteiger partial charge in [0.2, 0.25) is 5.91 Å². The fourth-order valence-corrected chi connectivity index (χ4v) is 5.47. The van der Waals surface area contributed by atoms with Gasteiger partial charge in [-0.25, -0.2) is 4.79 Å². The SMILES string of the molecule is COC(=O)C1=C(N)N(c2ccc(C(C)C)cc2)C2=C(C(=O)CCC2)C12C(=O)Nc1ccccc12. The minimum atomic E-state index is -1.64. The van der Waals surface area contributed by atoms with Crippen LogP contribution >= 0.6 is 0 Å². The van der Waals surface area contributed by atoms with Crippen LogP contribution in [0.15, 0.2) is 71.2 Å². The van der Waals surface area contributed by atoms with E-state index in [4.69, 9.17) is 10.5 Å². The number of nitrogens with zero attached hydrogens (tertiary/aromatic N) is 1. The Morgan fingerprint density at radius 3 is 2.47 bits per heavy atom. The minimum Gasteiger partial charge on any atom is -0.466 e. The van der Waals surface area contributed by atoms with E-state index in [1.165, 1.54) is 7.11 Å². The molecule has 2 aliphatic heterocycles. The van der Waals surface area contributed by atoms with Crippen molar-refractivity contribution in [1.29, 1.82) is 0 Å². The number of esters is 1. The number of nitrogens with two attached hydrogens (primary N) is 1. The van der Waals surface area contributed by atoms with Gasteiger partial charge in [0.05, 0.1) is 7.11 Å². The highest BCUT2D eigenvalue weighted by molar-refractivity contribution is 6.23. The Balaban J connectivity index is 1.85. The van der Waals surface area contributed by atoms with Crippen LogP contribution in [-0.2, 0) is 24.5 Å². The van der Waals surface area contributed by atoms with E-state index in [0.29, 0.717) is 47.7 Å². The molecule has 34 heavy (non-hydrogen) atoms. The lowest BCUT2D eigenvalue weighted by molar-refractivity contribution is -0.138. The molecule has 1 amide bonds. The number of benzene rings is 2. The number of Topliss-reactive ketones (excluding diaryl/α,β-unsaturated/α-hetero) is 1. The molecule has 0 aromatic heterocycles. The second-order valence-corrected chi connectivity index (χ2v) is 9.18. The summed E-state index contributed by atoms with van der Waals surface area (Å²) in [5, 5.41) is 2.87. The second kappa shape index (κ2) is 7.87. The Labute approximate surface area is 198 Å². The number of fused-ring (bicyclic) bond motifs is 3. The van der Waals surface area contributed by atoms with Crippen LogP contribution in [0.4, 0.5) is 11.4 Å². The average molecular weight is 458 g/mol. The summed E-state index contributed by atoms with van der Waals surface area (Å²) in [5.74, 6) is -0.912. The summed E-state index contributed by atoms with van der Waals surface area (Å²) in [4.78, 5) is 42.3. The van der Waals surface area contributed by atoms with Crippen LogP contribution in [0.2, 0.25) is 0 Å². The van der Waals surface area contributed by atoms with Crippen molar-refractivity contribution in [3.63, 3.8) is 0 Å². The number of ketones is 1. The molecule has 7 heteroatoms. The number of hydrogen-bond donors (Lipinski definition) is 2. The third-order valence-corrected chi connectivity index (χ3v) is 7.03. The second-order valence-electron chi connectivity index (χ2n) is 9.18. The van der Waals surface area contributed by atoms with Crippen molar-refractivity contribution >= 4 is 29.0 Å². The van der Waals surface area contributed by atoms with E-state index in [9.17, 15) is 14.4 Å². The highest BCUT2D eigenvalue weighted by atomic mass is 16.5. The lowest BCUT2D eigenvalue weighted by Crippen LogP contribution is -2.53.